The van der Waals surface area contributed by atoms with Crippen LogP contribution in [0.3, 0.4) is 0 Å². The second-order valence-electron chi connectivity index (χ2n) is 1.08. The minimum Gasteiger partial charge on any atom is -0.359 e. The zero-order valence-corrected chi connectivity index (χ0v) is 4.72. The van der Waals surface area contributed by atoms with E-state index in [0.717, 1.165) is 0 Å². The fraction of sp³-hybridized carbons (Fsp3) is 0.750. The highest BCUT2D eigenvalue weighted by atomic mass is 16.7. The van der Waals surface area contributed by atoms with E-state index in [2.05, 4.69) is 14.8 Å². The van der Waals surface area contributed by atoms with E-state index in [0.29, 0.717) is 6.41 Å². The first kappa shape index (κ1) is 7.39. The molecule has 0 aromatic heterocycles. The molecule has 48 valence electrons. The highest BCUT2D eigenvalue weighted by Crippen LogP contribution is 1.67. The van der Waals surface area contributed by atoms with Gasteiger partial charge in [-0.1, -0.05) is 0 Å². The normalized spacial score (nSPS) is 8.62. The van der Waals surface area contributed by atoms with Crippen LogP contribution in [0.2, 0.25) is 0 Å². The Balaban J connectivity index is 2.62. The highest BCUT2D eigenvalue weighted by Gasteiger charge is 1.78. The Labute approximate surface area is 47.8 Å². The maximum atomic E-state index is 9.54. The second-order valence-corrected chi connectivity index (χ2v) is 1.08. The number of methoxy groups -OCH3 is 1. The van der Waals surface area contributed by atoms with Gasteiger partial charge < -0.3 is 14.8 Å². The van der Waals surface area contributed by atoms with Crippen LogP contribution in [-0.2, 0) is 14.3 Å². The summed E-state index contributed by atoms with van der Waals surface area (Å²) < 4.78 is 9.17. The van der Waals surface area contributed by atoms with E-state index in [-0.39, 0.29) is 13.5 Å². The predicted octanol–water partition coefficient (Wildman–Crippen LogP) is -0.690. The van der Waals surface area contributed by atoms with Crippen LogP contribution >= 0.6 is 0 Å². The molecule has 0 spiro atoms. The van der Waals surface area contributed by atoms with Crippen molar-refractivity contribution < 1.29 is 14.3 Å². The molecule has 0 heterocycles. The lowest BCUT2D eigenvalue weighted by Crippen LogP contribution is -2.16. The third-order valence-electron chi connectivity index (χ3n) is 0.470. The Morgan fingerprint density at radius 1 is 1.75 bits per heavy atom. The zero-order valence-electron chi connectivity index (χ0n) is 4.72. The average molecular weight is 119 g/mol. The van der Waals surface area contributed by atoms with Crippen LogP contribution in [-0.4, -0.2) is 27.0 Å². The van der Waals surface area contributed by atoms with E-state index < -0.39 is 0 Å². The Hall–Kier alpha value is -0.610. The largest absolute Gasteiger partial charge is 0.359 e. The third kappa shape index (κ3) is 5.39. The number of rotatable bonds is 5. The molecule has 1 amide bonds. The van der Waals surface area contributed by atoms with Gasteiger partial charge in [0, 0.05) is 7.11 Å². The van der Waals surface area contributed by atoms with Gasteiger partial charge in [0.25, 0.3) is 0 Å². The van der Waals surface area contributed by atoms with Gasteiger partial charge in [-0.2, -0.15) is 0 Å². The topological polar surface area (TPSA) is 47.6 Å². The Morgan fingerprint density at radius 2 is 2.50 bits per heavy atom. The molecule has 0 atom stereocenters. The van der Waals surface area contributed by atoms with E-state index in [9.17, 15) is 4.79 Å². The number of carbonyl (C=O) groups excluding carboxylic acids is 1. The molecule has 0 fully saturated rings. The van der Waals surface area contributed by atoms with E-state index in [4.69, 9.17) is 0 Å². The maximum absolute atomic E-state index is 9.54. The van der Waals surface area contributed by atoms with Gasteiger partial charge in [0.15, 0.2) is 0 Å². The molecule has 0 aromatic carbocycles. The Kier molecular flexibility index (Phi) is 5.90. The molecular formula is C4H9NO3. The van der Waals surface area contributed by atoms with Gasteiger partial charge in [0.2, 0.25) is 6.41 Å². The summed E-state index contributed by atoms with van der Waals surface area (Å²) in [6.45, 7) is 0.415. The number of nitrogens with one attached hydrogen (secondary N) is 1. The molecule has 0 aliphatic rings. The number of ether oxygens (including phenoxy) is 2. The third-order valence-corrected chi connectivity index (χ3v) is 0.470. The average Bonchev–Trinajstić information content (AvgIpc) is 1.81. The second kappa shape index (κ2) is 6.39. The summed E-state index contributed by atoms with van der Waals surface area (Å²) in [6.07, 6.45) is 0.565. The summed E-state index contributed by atoms with van der Waals surface area (Å²) in [5.74, 6) is 0. The molecule has 8 heavy (non-hydrogen) atoms. The van der Waals surface area contributed by atoms with Crippen molar-refractivity contribution in [2.75, 3.05) is 20.6 Å². The standard InChI is InChI=1S/C4H9NO3/c1-7-4-8-3-5-2-6/h2H,3-4H2,1H3,(H,5,6). The zero-order chi connectivity index (χ0) is 6.24. The lowest BCUT2D eigenvalue weighted by molar-refractivity contribution is -0.112. The lowest BCUT2D eigenvalue weighted by Gasteiger charge is -1.98. The molecule has 0 rings (SSSR count). The molecule has 0 saturated carbocycles. The molecule has 4 heteroatoms. The molecule has 0 saturated heterocycles. The van der Waals surface area contributed by atoms with Crippen molar-refractivity contribution in [2.45, 2.75) is 0 Å². The van der Waals surface area contributed by atoms with Crippen molar-refractivity contribution in [3.8, 4) is 0 Å². The van der Waals surface area contributed by atoms with Crippen LogP contribution < -0.4 is 5.32 Å². The molecule has 4 nitrogen and oxygen atoms in total. The molecule has 0 bridgehead atoms. The first-order valence-electron chi connectivity index (χ1n) is 2.15. The fourth-order valence-electron chi connectivity index (χ4n) is 0.218. The van der Waals surface area contributed by atoms with Gasteiger partial charge in [-0.05, 0) is 0 Å². The summed E-state index contributed by atoms with van der Waals surface area (Å²) in [5.41, 5.74) is 0. The predicted molar refractivity (Wildman–Crippen MR) is 27.0 cm³/mol. The van der Waals surface area contributed by atoms with Crippen molar-refractivity contribution in [1.29, 1.82) is 0 Å². The van der Waals surface area contributed by atoms with Gasteiger partial charge in [-0.15, -0.1) is 0 Å². The van der Waals surface area contributed by atoms with E-state index in [1.807, 2.05) is 0 Å². The minimum absolute atomic E-state index is 0.206. The minimum atomic E-state index is 0.206. The molecule has 0 unspecified atom stereocenters. The first-order valence-corrected chi connectivity index (χ1v) is 2.15. The molecule has 1 N–H and O–H groups in total. The molecule has 0 aliphatic heterocycles. The van der Waals surface area contributed by atoms with Crippen molar-refractivity contribution in [2.24, 2.45) is 0 Å². The van der Waals surface area contributed by atoms with Crippen molar-refractivity contribution in [3.05, 3.63) is 0 Å². The van der Waals surface area contributed by atoms with Crippen molar-refractivity contribution in [3.63, 3.8) is 0 Å². The maximum Gasteiger partial charge on any atom is 0.208 e. The monoisotopic (exact) mass is 119 g/mol. The van der Waals surface area contributed by atoms with Crippen LogP contribution in [0.1, 0.15) is 0 Å². The Bertz CT molecular complexity index is 57.2. The van der Waals surface area contributed by atoms with Crippen molar-refractivity contribution >= 4 is 6.41 Å². The summed E-state index contributed by atoms with van der Waals surface area (Å²) in [5, 5.41) is 2.30. The van der Waals surface area contributed by atoms with E-state index in [1.54, 1.807) is 0 Å². The summed E-state index contributed by atoms with van der Waals surface area (Å²) in [4.78, 5) is 9.54. The SMILES string of the molecule is COCOCNC=O. The summed E-state index contributed by atoms with van der Waals surface area (Å²) in [7, 11) is 1.51. The number of carbonyl (C=O) groups is 1. The van der Waals surface area contributed by atoms with Gasteiger partial charge in [0.1, 0.15) is 13.5 Å². The summed E-state index contributed by atoms with van der Waals surface area (Å²) in [6, 6.07) is 0. The highest BCUT2D eigenvalue weighted by molar-refractivity contribution is 5.45. The molecule has 0 radical (unpaired) electrons. The van der Waals surface area contributed by atoms with Crippen LogP contribution in [0.4, 0.5) is 0 Å². The molecule has 0 aromatic rings. The Morgan fingerprint density at radius 3 is 3.00 bits per heavy atom. The van der Waals surface area contributed by atoms with Gasteiger partial charge in [0.05, 0.1) is 0 Å². The molecule has 0 aliphatic carbocycles. The number of hydrogen-bond acceptors (Lipinski definition) is 3. The number of hydrogen-bond donors (Lipinski definition) is 1. The summed E-state index contributed by atoms with van der Waals surface area (Å²) >= 11 is 0. The molecular weight excluding hydrogens is 110 g/mol. The quantitative estimate of drug-likeness (QED) is 0.296. The van der Waals surface area contributed by atoms with Crippen LogP contribution in [0, 0.1) is 0 Å². The first-order chi connectivity index (χ1) is 3.91. The van der Waals surface area contributed by atoms with Gasteiger partial charge in [-0.3, -0.25) is 4.79 Å². The van der Waals surface area contributed by atoms with E-state index >= 15 is 0 Å². The fourth-order valence-corrected chi connectivity index (χ4v) is 0.218. The van der Waals surface area contributed by atoms with Crippen LogP contribution in [0.5, 0.6) is 0 Å². The van der Waals surface area contributed by atoms with Crippen molar-refractivity contribution in [1.82, 2.24) is 5.32 Å². The smallest absolute Gasteiger partial charge is 0.208 e. The van der Waals surface area contributed by atoms with Gasteiger partial charge >= 0.3 is 0 Å². The van der Waals surface area contributed by atoms with Crippen LogP contribution in [0.15, 0.2) is 0 Å². The lowest BCUT2D eigenvalue weighted by atomic mass is 11.1. The van der Waals surface area contributed by atoms with E-state index in [1.165, 1.54) is 7.11 Å². The number of amides is 1. The van der Waals surface area contributed by atoms with Gasteiger partial charge in [-0.25, -0.2) is 0 Å². The van der Waals surface area contributed by atoms with Crippen LogP contribution in [0.25, 0.3) is 0 Å².